The molecule has 1 aromatic carbocycles. The van der Waals surface area contributed by atoms with E-state index in [9.17, 15) is 8.42 Å². The first-order valence-electron chi connectivity index (χ1n) is 8.68. The molecule has 2 heterocycles. The molecule has 0 spiro atoms. The van der Waals surface area contributed by atoms with Crippen LogP contribution in [0.4, 0.5) is 5.69 Å². The largest absolute Gasteiger partial charge is 0.369 e. The summed E-state index contributed by atoms with van der Waals surface area (Å²) in [5.74, 6) is 0.301. The van der Waals surface area contributed by atoms with E-state index in [0.29, 0.717) is 18.8 Å². The molecule has 0 radical (unpaired) electrons. The molecule has 0 atom stereocenters. The summed E-state index contributed by atoms with van der Waals surface area (Å²) < 4.78 is 25.6. The van der Waals surface area contributed by atoms with Crippen molar-refractivity contribution < 1.29 is 8.42 Å². The fourth-order valence-electron chi connectivity index (χ4n) is 3.71. The Labute approximate surface area is 138 Å². The van der Waals surface area contributed by atoms with Crippen molar-refractivity contribution in [3.8, 4) is 0 Å². The number of hydrogen-bond acceptors (Lipinski definition) is 4. The standard InChI is InChI=1S/C17H25N3O2S/c21-23(22)12-2-7-20(23)14-15-3-1-4-17(13-15)19-10-8-18(9-11-19)16-5-6-16/h1,3-4,13,16H,2,5-12,14H2. The van der Waals surface area contributed by atoms with Crippen LogP contribution in [0.15, 0.2) is 24.3 Å². The Morgan fingerprint density at radius 3 is 2.48 bits per heavy atom. The van der Waals surface area contributed by atoms with Gasteiger partial charge in [-0.3, -0.25) is 4.90 Å². The van der Waals surface area contributed by atoms with E-state index in [1.165, 1.54) is 18.5 Å². The molecule has 0 aromatic heterocycles. The maximum Gasteiger partial charge on any atom is 0.214 e. The van der Waals surface area contributed by atoms with E-state index in [1.54, 1.807) is 4.31 Å². The molecule has 0 amide bonds. The Morgan fingerprint density at radius 1 is 1.04 bits per heavy atom. The molecule has 1 saturated carbocycles. The summed E-state index contributed by atoms with van der Waals surface area (Å²) in [5, 5.41) is 0. The van der Waals surface area contributed by atoms with Crippen LogP contribution >= 0.6 is 0 Å². The van der Waals surface area contributed by atoms with Crippen LogP contribution in [0, 0.1) is 0 Å². The highest BCUT2D eigenvalue weighted by Crippen LogP contribution is 2.29. The van der Waals surface area contributed by atoms with Crippen molar-refractivity contribution in [3.05, 3.63) is 29.8 Å². The molecule has 126 valence electrons. The van der Waals surface area contributed by atoms with Crippen LogP contribution in [-0.4, -0.2) is 62.1 Å². The van der Waals surface area contributed by atoms with Gasteiger partial charge in [-0.1, -0.05) is 12.1 Å². The van der Waals surface area contributed by atoms with Crippen molar-refractivity contribution in [2.24, 2.45) is 0 Å². The Bertz CT molecular complexity index is 664. The second kappa shape index (κ2) is 6.07. The molecule has 4 rings (SSSR count). The van der Waals surface area contributed by atoms with Gasteiger partial charge >= 0.3 is 0 Å². The Kier molecular flexibility index (Phi) is 4.07. The fourth-order valence-corrected chi connectivity index (χ4v) is 5.21. The molecule has 3 aliphatic rings. The summed E-state index contributed by atoms with van der Waals surface area (Å²) in [5.41, 5.74) is 2.33. The predicted octanol–water partition coefficient (Wildman–Crippen LogP) is 1.51. The Morgan fingerprint density at radius 2 is 1.83 bits per heavy atom. The first-order valence-corrected chi connectivity index (χ1v) is 10.3. The highest BCUT2D eigenvalue weighted by molar-refractivity contribution is 7.89. The van der Waals surface area contributed by atoms with Gasteiger partial charge in [-0.15, -0.1) is 0 Å². The molecule has 5 nitrogen and oxygen atoms in total. The lowest BCUT2D eigenvalue weighted by Crippen LogP contribution is -2.47. The monoisotopic (exact) mass is 335 g/mol. The van der Waals surface area contributed by atoms with E-state index in [-0.39, 0.29) is 0 Å². The summed E-state index contributed by atoms with van der Waals surface area (Å²) in [6.45, 7) is 5.61. The van der Waals surface area contributed by atoms with Gasteiger partial charge in [0.1, 0.15) is 0 Å². The minimum atomic E-state index is -3.02. The van der Waals surface area contributed by atoms with E-state index in [2.05, 4.69) is 28.0 Å². The van der Waals surface area contributed by atoms with E-state index >= 15 is 0 Å². The molecule has 1 aromatic rings. The van der Waals surface area contributed by atoms with E-state index in [4.69, 9.17) is 0 Å². The van der Waals surface area contributed by atoms with Gasteiger partial charge in [-0.2, -0.15) is 4.31 Å². The van der Waals surface area contributed by atoms with Crippen LogP contribution in [-0.2, 0) is 16.6 Å². The zero-order chi connectivity index (χ0) is 15.9. The Hall–Kier alpha value is -1.11. The second-order valence-electron chi connectivity index (χ2n) is 6.93. The molecule has 2 saturated heterocycles. The molecule has 0 unspecified atom stereocenters. The van der Waals surface area contributed by atoms with Gasteiger partial charge in [0.05, 0.1) is 5.75 Å². The number of nitrogens with zero attached hydrogens (tertiary/aromatic N) is 3. The highest BCUT2D eigenvalue weighted by Gasteiger charge is 2.31. The number of benzene rings is 1. The van der Waals surface area contributed by atoms with Gasteiger partial charge < -0.3 is 4.90 Å². The summed E-state index contributed by atoms with van der Waals surface area (Å²) in [6, 6.07) is 9.26. The smallest absolute Gasteiger partial charge is 0.214 e. The third-order valence-corrected chi connectivity index (χ3v) is 7.12. The van der Waals surface area contributed by atoms with E-state index in [0.717, 1.165) is 44.2 Å². The maximum absolute atomic E-state index is 12.0. The van der Waals surface area contributed by atoms with Crippen molar-refractivity contribution in [2.45, 2.75) is 31.8 Å². The van der Waals surface area contributed by atoms with Crippen LogP contribution < -0.4 is 4.90 Å². The van der Waals surface area contributed by atoms with E-state index < -0.39 is 10.0 Å². The Balaban J connectivity index is 1.42. The maximum atomic E-state index is 12.0. The summed E-state index contributed by atoms with van der Waals surface area (Å²) in [7, 11) is -3.02. The van der Waals surface area contributed by atoms with Crippen molar-refractivity contribution in [2.75, 3.05) is 43.4 Å². The molecule has 3 fully saturated rings. The predicted molar refractivity (Wildman–Crippen MR) is 92.1 cm³/mol. The average molecular weight is 335 g/mol. The number of hydrogen-bond donors (Lipinski definition) is 0. The first-order chi connectivity index (χ1) is 11.1. The lowest BCUT2D eigenvalue weighted by molar-refractivity contribution is 0.248. The summed E-state index contributed by atoms with van der Waals surface area (Å²) in [6.07, 6.45) is 3.50. The lowest BCUT2D eigenvalue weighted by Gasteiger charge is -2.36. The van der Waals surface area contributed by atoms with Crippen LogP contribution in [0.3, 0.4) is 0 Å². The second-order valence-corrected chi connectivity index (χ2v) is 9.02. The van der Waals surface area contributed by atoms with Crippen LogP contribution in [0.2, 0.25) is 0 Å². The molecular formula is C17H25N3O2S. The molecule has 23 heavy (non-hydrogen) atoms. The van der Waals surface area contributed by atoms with Crippen molar-refractivity contribution in [1.82, 2.24) is 9.21 Å². The third-order valence-electron chi connectivity index (χ3n) is 5.22. The molecule has 0 bridgehead atoms. The number of rotatable bonds is 4. The molecule has 6 heteroatoms. The van der Waals surface area contributed by atoms with Crippen LogP contribution in [0.1, 0.15) is 24.8 Å². The lowest BCUT2D eigenvalue weighted by atomic mass is 10.1. The minimum Gasteiger partial charge on any atom is -0.369 e. The topological polar surface area (TPSA) is 43.9 Å². The zero-order valence-corrected chi connectivity index (χ0v) is 14.3. The first kappa shape index (κ1) is 15.4. The summed E-state index contributed by atoms with van der Waals surface area (Å²) in [4.78, 5) is 5.04. The van der Waals surface area contributed by atoms with Gasteiger partial charge in [0.15, 0.2) is 0 Å². The number of sulfonamides is 1. The van der Waals surface area contributed by atoms with E-state index in [1.807, 2.05) is 6.07 Å². The molecule has 0 N–H and O–H groups in total. The average Bonchev–Trinajstić information content (AvgIpc) is 3.34. The number of anilines is 1. The van der Waals surface area contributed by atoms with Gasteiger partial charge in [0.2, 0.25) is 10.0 Å². The van der Waals surface area contributed by atoms with Gasteiger partial charge in [-0.25, -0.2) is 8.42 Å². The van der Waals surface area contributed by atoms with Gasteiger partial charge in [0.25, 0.3) is 0 Å². The van der Waals surface area contributed by atoms with Gasteiger partial charge in [0, 0.05) is 51.0 Å². The fraction of sp³-hybridized carbons (Fsp3) is 0.647. The quantitative estimate of drug-likeness (QED) is 0.837. The minimum absolute atomic E-state index is 0.301. The zero-order valence-electron chi connectivity index (χ0n) is 13.5. The van der Waals surface area contributed by atoms with Crippen molar-refractivity contribution >= 4 is 15.7 Å². The SMILES string of the molecule is O=S1(=O)CCCN1Cc1cccc(N2CCN(C3CC3)CC2)c1. The summed E-state index contributed by atoms with van der Waals surface area (Å²) >= 11 is 0. The molecular weight excluding hydrogens is 310 g/mol. The van der Waals surface area contributed by atoms with Crippen molar-refractivity contribution in [1.29, 1.82) is 0 Å². The highest BCUT2D eigenvalue weighted by atomic mass is 32.2. The van der Waals surface area contributed by atoms with Crippen molar-refractivity contribution in [3.63, 3.8) is 0 Å². The number of piperazine rings is 1. The molecule has 2 aliphatic heterocycles. The van der Waals surface area contributed by atoms with Crippen LogP contribution in [0.25, 0.3) is 0 Å². The van der Waals surface area contributed by atoms with Crippen LogP contribution in [0.5, 0.6) is 0 Å². The molecule has 1 aliphatic carbocycles. The normalized spacial score (nSPS) is 25.8. The van der Waals surface area contributed by atoms with Gasteiger partial charge in [-0.05, 0) is 37.0 Å². The third kappa shape index (κ3) is 3.39.